The van der Waals surface area contributed by atoms with Crippen LogP contribution in [0.1, 0.15) is 20.8 Å². The maximum Gasteiger partial charge on any atom is 0.138 e. The molecular weight excluding hydrogens is 343 g/mol. The van der Waals surface area contributed by atoms with Crippen molar-refractivity contribution in [3.8, 4) is 5.75 Å². The molecule has 0 aliphatic heterocycles. The smallest absolute Gasteiger partial charge is 0.138 e. The van der Waals surface area contributed by atoms with Gasteiger partial charge in [-0.2, -0.15) is 0 Å². The molecule has 0 aliphatic rings. The molecule has 0 amide bonds. The Bertz CT molecular complexity index is 642. The standard InChI is InChI=1S/C19H24Cl2N2O/c1-4-23(5-2)17-9-7-16(8-10-17)22-13-14(3)24-19-11-6-15(20)12-18(19)21/h6-12,14,22H,4-5,13H2,1-3H3. The van der Waals surface area contributed by atoms with Gasteiger partial charge in [0.25, 0.3) is 0 Å². The summed E-state index contributed by atoms with van der Waals surface area (Å²) >= 11 is 12.0. The summed E-state index contributed by atoms with van der Waals surface area (Å²) in [5.41, 5.74) is 2.31. The lowest BCUT2D eigenvalue weighted by molar-refractivity contribution is 0.235. The summed E-state index contributed by atoms with van der Waals surface area (Å²) in [7, 11) is 0. The zero-order chi connectivity index (χ0) is 17.5. The van der Waals surface area contributed by atoms with E-state index in [0.29, 0.717) is 22.3 Å². The Morgan fingerprint density at radius 3 is 2.29 bits per heavy atom. The van der Waals surface area contributed by atoms with E-state index < -0.39 is 0 Å². The molecule has 1 unspecified atom stereocenters. The summed E-state index contributed by atoms with van der Waals surface area (Å²) in [5, 5.41) is 4.51. The first-order valence-electron chi connectivity index (χ1n) is 8.24. The first-order chi connectivity index (χ1) is 11.5. The number of anilines is 2. The molecule has 0 fully saturated rings. The van der Waals surface area contributed by atoms with E-state index in [0.717, 1.165) is 18.8 Å². The van der Waals surface area contributed by atoms with Crippen molar-refractivity contribution in [3.05, 3.63) is 52.5 Å². The number of benzene rings is 2. The van der Waals surface area contributed by atoms with Crippen LogP contribution in [0.4, 0.5) is 11.4 Å². The second-order valence-electron chi connectivity index (χ2n) is 5.60. The van der Waals surface area contributed by atoms with Crippen molar-refractivity contribution in [1.82, 2.24) is 0 Å². The van der Waals surface area contributed by atoms with E-state index in [-0.39, 0.29) is 6.10 Å². The lowest BCUT2D eigenvalue weighted by atomic mass is 10.2. The second kappa shape index (κ2) is 9.05. The first kappa shape index (κ1) is 18.8. The van der Waals surface area contributed by atoms with Gasteiger partial charge < -0.3 is 15.0 Å². The van der Waals surface area contributed by atoms with E-state index in [4.69, 9.17) is 27.9 Å². The molecule has 24 heavy (non-hydrogen) atoms. The van der Waals surface area contributed by atoms with E-state index in [1.165, 1.54) is 5.69 Å². The van der Waals surface area contributed by atoms with E-state index in [9.17, 15) is 0 Å². The van der Waals surface area contributed by atoms with Crippen molar-refractivity contribution < 1.29 is 4.74 Å². The molecule has 2 rings (SSSR count). The van der Waals surface area contributed by atoms with Crippen LogP contribution in [0.3, 0.4) is 0 Å². The Kier molecular flexibility index (Phi) is 7.07. The summed E-state index contributed by atoms with van der Waals surface area (Å²) in [6, 6.07) is 13.7. The average molecular weight is 367 g/mol. The molecule has 0 aliphatic carbocycles. The van der Waals surface area contributed by atoms with E-state index in [1.807, 2.05) is 6.92 Å². The van der Waals surface area contributed by atoms with Crippen molar-refractivity contribution in [2.45, 2.75) is 26.9 Å². The minimum absolute atomic E-state index is 0.0221. The van der Waals surface area contributed by atoms with Gasteiger partial charge >= 0.3 is 0 Å². The maximum atomic E-state index is 6.13. The number of halogens is 2. The Morgan fingerprint density at radius 2 is 1.71 bits per heavy atom. The molecule has 1 N–H and O–H groups in total. The molecule has 1 atom stereocenters. The highest BCUT2D eigenvalue weighted by atomic mass is 35.5. The zero-order valence-corrected chi connectivity index (χ0v) is 15.9. The van der Waals surface area contributed by atoms with Crippen LogP contribution in [0, 0.1) is 0 Å². The van der Waals surface area contributed by atoms with Gasteiger partial charge in [0, 0.05) is 29.5 Å². The SMILES string of the molecule is CCN(CC)c1ccc(NCC(C)Oc2ccc(Cl)cc2Cl)cc1. The molecule has 130 valence electrons. The lowest BCUT2D eigenvalue weighted by Gasteiger charge is -2.21. The molecule has 0 radical (unpaired) electrons. The molecule has 0 bridgehead atoms. The van der Waals surface area contributed by atoms with Gasteiger partial charge in [-0.05, 0) is 63.2 Å². The minimum atomic E-state index is -0.0221. The summed E-state index contributed by atoms with van der Waals surface area (Å²) in [6.45, 7) is 9.03. The molecule has 0 spiro atoms. The normalized spacial score (nSPS) is 11.9. The fraction of sp³-hybridized carbons (Fsp3) is 0.368. The molecule has 2 aromatic carbocycles. The average Bonchev–Trinajstić information content (AvgIpc) is 2.58. The second-order valence-corrected chi connectivity index (χ2v) is 6.45. The van der Waals surface area contributed by atoms with Gasteiger partial charge in [-0.3, -0.25) is 0 Å². The number of nitrogens with zero attached hydrogens (tertiary/aromatic N) is 1. The van der Waals surface area contributed by atoms with Crippen LogP contribution >= 0.6 is 23.2 Å². The number of hydrogen-bond acceptors (Lipinski definition) is 3. The van der Waals surface area contributed by atoms with Crippen molar-refractivity contribution in [2.24, 2.45) is 0 Å². The molecule has 3 nitrogen and oxygen atoms in total. The van der Waals surface area contributed by atoms with Crippen LogP contribution in [-0.2, 0) is 0 Å². The highest BCUT2D eigenvalue weighted by Crippen LogP contribution is 2.28. The first-order valence-corrected chi connectivity index (χ1v) is 8.99. The summed E-state index contributed by atoms with van der Waals surface area (Å²) in [4.78, 5) is 2.32. The van der Waals surface area contributed by atoms with E-state index in [1.54, 1.807) is 18.2 Å². The number of rotatable bonds is 8. The van der Waals surface area contributed by atoms with E-state index in [2.05, 4.69) is 48.3 Å². The molecule has 0 heterocycles. The molecule has 0 saturated heterocycles. The van der Waals surface area contributed by atoms with Gasteiger partial charge in [0.05, 0.1) is 11.6 Å². The highest BCUT2D eigenvalue weighted by molar-refractivity contribution is 6.35. The van der Waals surface area contributed by atoms with E-state index >= 15 is 0 Å². The maximum absolute atomic E-state index is 6.13. The Hall–Kier alpha value is -1.58. The summed E-state index contributed by atoms with van der Waals surface area (Å²) < 4.78 is 5.86. The largest absolute Gasteiger partial charge is 0.487 e. The van der Waals surface area contributed by atoms with Crippen molar-refractivity contribution in [1.29, 1.82) is 0 Å². The fourth-order valence-corrected chi connectivity index (χ4v) is 2.92. The van der Waals surface area contributed by atoms with Crippen molar-refractivity contribution in [2.75, 3.05) is 29.9 Å². The van der Waals surface area contributed by atoms with Gasteiger partial charge in [-0.25, -0.2) is 0 Å². The number of hydrogen-bond donors (Lipinski definition) is 1. The van der Waals surface area contributed by atoms with Gasteiger partial charge in [0.1, 0.15) is 11.9 Å². The minimum Gasteiger partial charge on any atom is -0.487 e. The van der Waals surface area contributed by atoms with Crippen molar-refractivity contribution >= 4 is 34.6 Å². The van der Waals surface area contributed by atoms with Crippen LogP contribution in [0.5, 0.6) is 5.75 Å². The molecule has 0 aromatic heterocycles. The van der Waals surface area contributed by atoms with Crippen LogP contribution in [0.15, 0.2) is 42.5 Å². The number of nitrogens with one attached hydrogen (secondary N) is 1. The third-order valence-electron chi connectivity index (χ3n) is 3.81. The van der Waals surface area contributed by atoms with Gasteiger partial charge in [-0.15, -0.1) is 0 Å². The van der Waals surface area contributed by atoms with Crippen LogP contribution in [0.2, 0.25) is 10.0 Å². The quantitative estimate of drug-likeness (QED) is 0.646. The summed E-state index contributed by atoms with van der Waals surface area (Å²) in [5.74, 6) is 0.646. The van der Waals surface area contributed by atoms with Crippen LogP contribution < -0.4 is 15.0 Å². The monoisotopic (exact) mass is 366 g/mol. The molecule has 2 aromatic rings. The Labute approximate surface area is 154 Å². The van der Waals surface area contributed by atoms with Crippen molar-refractivity contribution in [3.63, 3.8) is 0 Å². The van der Waals surface area contributed by atoms with Crippen LogP contribution in [0.25, 0.3) is 0 Å². The third kappa shape index (κ3) is 5.22. The highest BCUT2D eigenvalue weighted by Gasteiger charge is 2.08. The Balaban J connectivity index is 1.88. The zero-order valence-electron chi connectivity index (χ0n) is 14.4. The predicted molar refractivity (Wildman–Crippen MR) is 105 cm³/mol. The Morgan fingerprint density at radius 1 is 1.04 bits per heavy atom. The molecule has 5 heteroatoms. The lowest BCUT2D eigenvalue weighted by Crippen LogP contribution is -2.23. The van der Waals surface area contributed by atoms with Gasteiger partial charge in [0.2, 0.25) is 0 Å². The summed E-state index contributed by atoms with van der Waals surface area (Å²) in [6.07, 6.45) is -0.0221. The predicted octanol–water partition coefficient (Wildman–Crippen LogP) is 5.72. The van der Waals surface area contributed by atoms with Gasteiger partial charge in [0.15, 0.2) is 0 Å². The van der Waals surface area contributed by atoms with Gasteiger partial charge in [-0.1, -0.05) is 23.2 Å². The fourth-order valence-electron chi connectivity index (χ4n) is 2.47. The third-order valence-corrected chi connectivity index (χ3v) is 4.34. The molecule has 0 saturated carbocycles. The van der Waals surface area contributed by atoms with Crippen LogP contribution in [-0.4, -0.2) is 25.7 Å². The topological polar surface area (TPSA) is 24.5 Å². The number of ether oxygens (including phenoxy) is 1. The molecular formula is C19H24Cl2N2O.